The second-order valence-corrected chi connectivity index (χ2v) is 57.3. The number of hydrogen-bond donors (Lipinski definition) is 0. The summed E-state index contributed by atoms with van der Waals surface area (Å²) in [5, 5.41) is 4.95. The molecule has 0 radical (unpaired) electrons. The van der Waals surface area contributed by atoms with Crippen molar-refractivity contribution >= 4 is 101 Å². The summed E-state index contributed by atoms with van der Waals surface area (Å²) in [6.07, 6.45) is 0. The lowest BCUT2D eigenvalue weighted by atomic mass is 9.33. The van der Waals surface area contributed by atoms with E-state index in [1.165, 1.54) is 71.3 Å². The van der Waals surface area contributed by atoms with Crippen LogP contribution in [0, 0.1) is 0 Å². The van der Waals surface area contributed by atoms with Gasteiger partial charge < -0.3 is 18.9 Å². The summed E-state index contributed by atoms with van der Waals surface area (Å²) < 4.78 is 5.21. The lowest BCUT2D eigenvalue weighted by molar-refractivity contribution is 0.531. The maximum absolute atomic E-state index is 5.75. The smallest absolute Gasteiger partial charge is 0.252 e. The summed E-state index contributed by atoms with van der Waals surface area (Å²) in [6.45, 7) is 98.1. The van der Waals surface area contributed by atoms with Gasteiger partial charge in [-0.2, -0.15) is 0 Å². The van der Waals surface area contributed by atoms with Gasteiger partial charge in [-0.3, -0.25) is 19.9 Å². The Morgan fingerprint density at radius 3 is 0.621 bits per heavy atom. The molecule has 8 heterocycles. The van der Waals surface area contributed by atoms with Crippen LogP contribution in [0.1, 0.15) is 370 Å². The monoisotopic (exact) mass is 1920 g/mol. The lowest BCUT2D eigenvalue weighted by Crippen LogP contribution is -2.61. The molecule has 16 aromatic rings. The maximum atomic E-state index is 5.75. The highest BCUT2D eigenvalue weighted by Gasteiger charge is 2.48. The quantitative estimate of drug-likeness (QED) is 0.134. The van der Waals surface area contributed by atoms with E-state index < -0.39 is 6.71 Å². The molecule has 0 spiro atoms. The molecular weight excluding hydrogens is 1760 g/mol. The molecule has 0 bridgehead atoms. The van der Waals surface area contributed by atoms with Crippen molar-refractivity contribution in [1.82, 2.24) is 29.1 Å². The molecule has 2 aliphatic rings. The highest BCUT2D eigenvalue weighted by molar-refractivity contribution is 7.00. The van der Waals surface area contributed by atoms with Gasteiger partial charge in [-0.1, -0.05) is 382 Å². The van der Waals surface area contributed by atoms with E-state index in [-0.39, 0.29) is 75.8 Å². The van der Waals surface area contributed by atoms with Gasteiger partial charge in [0.25, 0.3) is 6.71 Å². The van der Waals surface area contributed by atoms with Crippen molar-refractivity contribution in [3.05, 3.63) is 303 Å². The molecular formula is C136H163BN8. The molecule has 0 fully saturated rings. The molecule has 0 amide bonds. The summed E-state index contributed by atoms with van der Waals surface area (Å²) >= 11 is 0. The van der Waals surface area contributed by atoms with Crippen molar-refractivity contribution in [3.8, 4) is 67.0 Å². The Morgan fingerprint density at radius 2 is 0.407 bits per heavy atom. The molecule has 0 aliphatic carbocycles. The summed E-state index contributed by atoms with van der Waals surface area (Å²) in [4.78, 5) is 28.6. The van der Waals surface area contributed by atoms with Crippen LogP contribution in [0.25, 0.3) is 111 Å². The summed E-state index contributed by atoms with van der Waals surface area (Å²) in [5.74, 6) is 0. The fourth-order valence-electron chi connectivity index (χ4n) is 21.3. The van der Waals surface area contributed by atoms with Gasteiger partial charge in [0, 0.05) is 167 Å². The van der Waals surface area contributed by atoms with Crippen LogP contribution in [-0.4, -0.2) is 35.8 Å². The first kappa shape index (κ1) is 103. The van der Waals surface area contributed by atoms with Crippen LogP contribution in [0.4, 0.5) is 34.1 Å². The van der Waals surface area contributed by atoms with Gasteiger partial charge in [0.1, 0.15) is 0 Å². The first-order valence-corrected chi connectivity index (χ1v) is 53.5. The van der Waals surface area contributed by atoms with Crippen LogP contribution in [-0.2, 0) is 75.8 Å². The number of aromatic nitrogens is 6. The van der Waals surface area contributed by atoms with Crippen molar-refractivity contribution in [2.75, 3.05) is 9.80 Å². The van der Waals surface area contributed by atoms with Gasteiger partial charge in [-0.05, 0) is 249 Å². The third-order valence-corrected chi connectivity index (χ3v) is 30.8. The molecule has 0 saturated heterocycles. The molecule has 2 aliphatic heterocycles. The fourth-order valence-corrected chi connectivity index (χ4v) is 21.3. The second-order valence-electron chi connectivity index (χ2n) is 57.3. The van der Waals surface area contributed by atoms with E-state index >= 15 is 0 Å². The zero-order chi connectivity index (χ0) is 106. The Bertz CT molecular complexity index is 7010. The minimum absolute atomic E-state index is 0.122. The Balaban J connectivity index is 1.13. The molecule has 0 saturated carbocycles. The Hall–Kier alpha value is -11.9. The third-order valence-electron chi connectivity index (χ3n) is 30.8. The van der Waals surface area contributed by atoms with Crippen LogP contribution in [0.3, 0.4) is 0 Å². The van der Waals surface area contributed by atoms with E-state index in [0.717, 1.165) is 169 Å². The van der Waals surface area contributed by atoms with Crippen LogP contribution in [0.2, 0.25) is 0 Å². The van der Waals surface area contributed by atoms with Crippen molar-refractivity contribution in [2.45, 2.75) is 367 Å². The number of rotatable bonds is 9. The largest absolute Gasteiger partial charge is 0.310 e. The highest BCUT2D eigenvalue weighted by atomic mass is 15.2. The molecule has 0 unspecified atom stereocenters. The molecule has 145 heavy (non-hydrogen) atoms. The highest BCUT2D eigenvalue weighted by Crippen LogP contribution is 2.58. The maximum Gasteiger partial charge on any atom is 0.252 e. The average molecular weight is 1920 g/mol. The first-order chi connectivity index (χ1) is 66.7. The summed E-state index contributed by atoms with van der Waals surface area (Å²) in [6, 6.07) is 91.5. The lowest BCUT2D eigenvalue weighted by Gasteiger charge is -2.46. The molecule has 18 rings (SSSR count). The van der Waals surface area contributed by atoms with Crippen LogP contribution >= 0.6 is 0 Å². The Labute approximate surface area is 870 Å². The molecule has 750 valence electrons. The minimum Gasteiger partial charge on any atom is -0.310 e. The van der Waals surface area contributed by atoms with Gasteiger partial charge in [0.05, 0.1) is 33.4 Å². The Morgan fingerprint density at radius 1 is 0.186 bits per heavy atom. The van der Waals surface area contributed by atoms with Gasteiger partial charge in [-0.25, -0.2) is 0 Å². The molecule has 9 heteroatoms. The summed E-state index contributed by atoms with van der Waals surface area (Å²) in [5.41, 5.74) is 40.1. The standard InChI is InChI=1S/C136H163BN8/c1-123(2,3)86-49-57-104-98(74-86)99-75-87(124(4,5)6)50-58-105(99)142(104)92-53-55-102-108(78-92)144(121-94(82-65-112(129(19,20)21)138-113(66-82)130(22,23)24)45-43-46-95(121)83-67-114(131(25,26)27)139-115(68-83)132(28,29)30)110-63-81(80-61-90(127(13,14)15)73-91(62-80)128(16,17)18)64-111-120(110)137(102)103-56-54-93(143-106-59-51-88(125(7,8)9)76-100(106)101-77-89(126(10,11)12)52-60-107(101)143)79-109(103)145(111)122-96(84-69-116(133(31,32)33)140-117(70-84)134(34,35)36)47-44-48-97(122)85-71-118(135(37,38)39)141-119(72-85)136(40,41)42/h43-79H,1-42H3. The number of hydrogen-bond acceptors (Lipinski definition) is 6. The number of nitrogens with zero attached hydrogens (tertiary/aromatic N) is 8. The molecule has 0 atom stereocenters. The van der Waals surface area contributed by atoms with Crippen molar-refractivity contribution in [3.63, 3.8) is 0 Å². The molecule has 0 N–H and O–H groups in total. The van der Waals surface area contributed by atoms with Gasteiger partial charge in [0.2, 0.25) is 0 Å². The topological polar surface area (TPSA) is 67.9 Å². The van der Waals surface area contributed by atoms with Gasteiger partial charge in [0.15, 0.2) is 0 Å². The number of pyridine rings is 4. The Kier molecular flexibility index (Phi) is 24.4. The van der Waals surface area contributed by atoms with Crippen molar-refractivity contribution < 1.29 is 0 Å². The van der Waals surface area contributed by atoms with E-state index in [1.807, 2.05) is 0 Å². The van der Waals surface area contributed by atoms with Gasteiger partial charge >= 0.3 is 0 Å². The average Bonchev–Trinajstić information content (AvgIpc) is 1.34. The van der Waals surface area contributed by atoms with E-state index in [2.05, 4.69) is 534 Å². The molecule has 6 aromatic heterocycles. The predicted molar refractivity (Wildman–Crippen MR) is 629 cm³/mol. The van der Waals surface area contributed by atoms with E-state index in [9.17, 15) is 0 Å². The van der Waals surface area contributed by atoms with Crippen LogP contribution in [0.15, 0.2) is 224 Å². The van der Waals surface area contributed by atoms with Crippen LogP contribution < -0.4 is 26.2 Å². The summed E-state index contributed by atoms with van der Waals surface area (Å²) in [7, 11) is 0. The molecule has 10 aromatic carbocycles. The number of fused-ring (bicyclic) bond motifs is 10. The number of para-hydroxylation sites is 2. The normalized spacial score (nSPS) is 14.1. The van der Waals surface area contributed by atoms with E-state index in [0.29, 0.717) is 0 Å². The van der Waals surface area contributed by atoms with Gasteiger partial charge in [-0.15, -0.1) is 0 Å². The van der Waals surface area contributed by atoms with Crippen molar-refractivity contribution in [2.24, 2.45) is 0 Å². The van der Waals surface area contributed by atoms with E-state index in [4.69, 9.17) is 19.9 Å². The predicted octanol–water partition coefficient (Wildman–Crippen LogP) is 36.0. The first-order valence-electron chi connectivity index (χ1n) is 53.5. The fraction of sp³-hybridized carbons (Fsp3) is 0.412. The minimum atomic E-state index is -0.413. The zero-order valence-electron chi connectivity index (χ0n) is 96.0. The zero-order valence-corrected chi connectivity index (χ0v) is 96.0. The third kappa shape index (κ3) is 19.1. The SMILES string of the molecule is CC(C)(C)c1cc(-c2cc3c4c(c2)N(c2c(-c5cc(C(C)(C)C)nc(C(C)(C)C)c5)cccc2-c2cc(C(C)(C)C)nc(C(C)(C)C)c2)c2cc(-n5c6ccc(C(C)(C)C)cc6c6cc(C(C)(C)C)ccc65)ccc2B4c2ccc(-n4c5ccc(C(C)(C)C)cc5c5cc(C(C)(C)C)ccc54)cc2N3c2c(-c3cc(C(C)(C)C)nc(C(C)(C)C)c3)cccc2-c2cc(C(C)(C)C)nc(C(C)(C)C)c2)cc(C(C)(C)C)c1. The number of benzene rings is 10. The molecule has 8 nitrogen and oxygen atoms in total. The van der Waals surface area contributed by atoms with Crippen molar-refractivity contribution in [1.29, 1.82) is 0 Å². The second kappa shape index (κ2) is 34.3. The number of anilines is 6. The van der Waals surface area contributed by atoms with Crippen LogP contribution in [0.5, 0.6) is 0 Å². The van der Waals surface area contributed by atoms with E-state index in [1.54, 1.807) is 0 Å².